The van der Waals surface area contributed by atoms with Gasteiger partial charge in [-0.05, 0) is 61.2 Å². The van der Waals surface area contributed by atoms with Gasteiger partial charge in [0.1, 0.15) is 5.82 Å². The van der Waals surface area contributed by atoms with Crippen molar-refractivity contribution in [1.29, 1.82) is 0 Å². The van der Waals surface area contributed by atoms with E-state index < -0.39 is 0 Å². The van der Waals surface area contributed by atoms with Gasteiger partial charge in [0.05, 0.1) is 10.6 Å². The van der Waals surface area contributed by atoms with Crippen LogP contribution in [0.3, 0.4) is 0 Å². The van der Waals surface area contributed by atoms with Gasteiger partial charge in [0, 0.05) is 19.3 Å². The lowest BCUT2D eigenvalue weighted by atomic mass is 10.3. The second kappa shape index (κ2) is 7.67. The SMILES string of the molecule is Cc1ccnc(NCCCCOC(C)C)c1Br. The van der Waals surface area contributed by atoms with Crippen molar-refractivity contribution >= 4 is 21.7 Å². The molecule has 1 rings (SSSR count). The van der Waals surface area contributed by atoms with Gasteiger partial charge in [-0.2, -0.15) is 0 Å². The van der Waals surface area contributed by atoms with E-state index in [0.29, 0.717) is 6.10 Å². The molecule has 1 heterocycles. The maximum atomic E-state index is 5.48. The zero-order chi connectivity index (χ0) is 12.7. The highest BCUT2D eigenvalue weighted by atomic mass is 79.9. The third-order valence-electron chi connectivity index (χ3n) is 2.40. The summed E-state index contributed by atoms with van der Waals surface area (Å²) in [5.41, 5.74) is 1.20. The minimum atomic E-state index is 0.329. The molecule has 0 amide bonds. The third kappa shape index (κ3) is 5.50. The van der Waals surface area contributed by atoms with Crippen LogP contribution in [0.25, 0.3) is 0 Å². The largest absolute Gasteiger partial charge is 0.379 e. The second-order valence-electron chi connectivity index (χ2n) is 4.34. The molecule has 0 radical (unpaired) electrons. The average molecular weight is 301 g/mol. The summed E-state index contributed by atoms with van der Waals surface area (Å²) >= 11 is 3.53. The van der Waals surface area contributed by atoms with Crippen LogP contribution in [0.15, 0.2) is 16.7 Å². The predicted octanol–water partition coefficient (Wildman–Crippen LogP) is 3.77. The molecule has 0 fully saturated rings. The van der Waals surface area contributed by atoms with E-state index in [-0.39, 0.29) is 0 Å². The van der Waals surface area contributed by atoms with Crippen molar-refractivity contribution in [3.05, 3.63) is 22.3 Å². The Morgan fingerprint density at radius 1 is 1.41 bits per heavy atom. The van der Waals surface area contributed by atoms with Crippen molar-refractivity contribution in [3.63, 3.8) is 0 Å². The Morgan fingerprint density at radius 2 is 2.18 bits per heavy atom. The molecule has 0 aliphatic heterocycles. The summed E-state index contributed by atoms with van der Waals surface area (Å²) in [7, 11) is 0. The molecule has 96 valence electrons. The number of aromatic nitrogens is 1. The average Bonchev–Trinajstić information content (AvgIpc) is 2.28. The lowest BCUT2D eigenvalue weighted by Gasteiger charge is -2.10. The smallest absolute Gasteiger partial charge is 0.140 e. The number of unbranched alkanes of at least 4 members (excludes halogenated alkanes) is 1. The zero-order valence-corrected chi connectivity index (χ0v) is 12.4. The molecule has 0 saturated carbocycles. The summed E-state index contributed by atoms with van der Waals surface area (Å²) in [6, 6.07) is 1.99. The second-order valence-corrected chi connectivity index (χ2v) is 5.14. The molecule has 0 bridgehead atoms. The van der Waals surface area contributed by atoms with Crippen molar-refractivity contribution < 1.29 is 4.74 Å². The van der Waals surface area contributed by atoms with Crippen molar-refractivity contribution in [1.82, 2.24) is 4.98 Å². The van der Waals surface area contributed by atoms with E-state index in [1.807, 2.05) is 12.3 Å². The Kier molecular flexibility index (Phi) is 6.52. The molecule has 3 nitrogen and oxygen atoms in total. The first kappa shape index (κ1) is 14.5. The zero-order valence-electron chi connectivity index (χ0n) is 10.8. The van der Waals surface area contributed by atoms with E-state index in [4.69, 9.17) is 4.74 Å². The Morgan fingerprint density at radius 3 is 2.88 bits per heavy atom. The van der Waals surface area contributed by atoms with Crippen LogP contribution in [-0.4, -0.2) is 24.2 Å². The molecule has 0 spiro atoms. The van der Waals surface area contributed by atoms with Crippen LogP contribution in [0, 0.1) is 6.92 Å². The molecule has 0 aliphatic rings. The third-order valence-corrected chi connectivity index (χ3v) is 3.40. The summed E-state index contributed by atoms with van der Waals surface area (Å²) in [6.07, 6.45) is 4.32. The summed E-state index contributed by atoms with van der Waals surface area (Å²) in [6.45, 7) is 7.95. The molecular weight excluding hydrogens is 280 g/mol. The molecular formula is C13H21BrN2O. The van der Waals surface area contributed by atoms with Crippen LogP contribution in [-0.2, 0) is 4.74 Å². The van der Waals surface area contributed by atoms with E-state index >= 15 is 0 Å². The van der Waals surface area contributed by atoms with Crippen LogP contribution in [0.2, 0.25) is 0 Å². The summed E-state index contributed by atoms with van der Waals surface area (Å²) in [5, 5.41) is 3.33. The van der Waals surface area contributed by atoms with E-state index in [1.54, 1.807) is 0 Å². The Balaban J connectivity index is 2.20. The number of nitrogens with zero attached hydrogens (tertiary/aromatic N) is 1. The summed E-state index contributed by atoms with van der Waals surface area (Å²) < 4.78 is 6.54. The summed E-state index contributed by atoms with van der Waals surface area (Å²) in [5.74, 6) is 0.926. The fourth-order valence-electron chi connectivity index (χ4n) is 1.42. The molecule has 17 heavy (non-hydrogen) atoms. The standard InChI is InChI=1S/C13H21BrN2O/c1-10(2)17-9-5-4-7-15-13-12(14)11(3)6-8-16-13/h6,8,10H,4-5,7,9H2,1-3H3,(H,15,16). The molecule has 0 saturated heterocycles. The van der Waals surface area contributed by atoms with Crippen LogP contribution in [0.4, 0.5) is 5.82 Å². The number of hydrogen-bond donors (Lipinski definition) is 1. The maximum absolute atomic E-state index is 5.48. The van der Waals surface area contributed by atoms with Gasteiger partial charge in [0.2, 0.25) is 0 Å². The summed E-state index contributed by atoms with van der Waals surface area (Å²) in [4.78, 5) is 4.30. The monoisotopic (exact) mass is 300 g/mol. The number of halogens is 1. The van der Waals surface area contributed by atoms with E-state index in [2.05, 4.69) is 47.0 Å². The predicted molar refractivity (Wildman–Crippen MR) is 75.5 cm³/mol. The minimum Gasteiger partial charge on any atom is -0.379 e. The number of nitrogens with one attached hydrogen (secondary N) is 1. The van der Waals surface area contributed by atoms with Crippen molar-refractivity contribution in [3.8, 4) is 0 Å². The molecule has 1 N–H and O–H groups in total. The number of pyridine rings is 1. The van der Waals surface area contributed by atoms with Crippen LogP contribution < -0.4 is 5.32 Å². The molecule has 0 aliphatic carbocycles. The van der Waals surface area contributed by atoms with Crippen molar-refractivity contribution in [2.24, 2.45) is 0 Å². The van der Waals surface area contributed by atoms with Gasteiger partial charge in [-0.1, -0.05) is 0 Å². The Bertz CT molecular complexity index is 342. The number of anilines is 1. The van der Waals surface area contributed by atoms with Crippen LogP contribution >= 0.6 is 15.9 Å². The maximum Gasteiger partial charge on any atom is 0.140 e. The van der Waals surface area contributed by atoms with E-state index in [1.165, 1.54) is 5.56 Å². The van der Waals surface area contributed by atoms with Crippen molar-refractivity contribution in [2.75, 3.05) is 18.5 Å². The van der Waals surface area contributed by atoms with Gasteiger partial charge in [-0.3, -0.25) is 0 Å². The fraction of sp³-hybridized carbons (Fsp3) is 0.615. The highest BCUT2D eigenvalue weighted by molar-refractivity contribution is 9.10. The first-order valence-corrected chi connectivity index (χ1v) is 6.87. The minimum absolute atomic E-state index is 0.329. The Labute approximate surface area is 112 Å². The first-order valence-electron chi connectivity index (χ1n) is 6.08. The van der Waals surface area contributed by atoms with Crippen molar-refractivity contribution in [2.45, 2.75) is 39.7 Å². The van der Waals surface area contributed by atoms with Gasteiger partial charge in [0.25, 0.3) is 0 Å². The van der Waals surface area contributed by atoms with Gasteiger partial charge >= 0.3 is 0 Å². The van der Waals surface area contributed by atoms with Gasteiger partial charge in [-0.25, -0.2) is 4.98 Å². The van der Waals surface area contributed by atoms with Gasteiger partial charge < -0.3 is 10.1 Å². The van der Waals surface area contributed by atoms with Crippen LogP contribution in [0.1, 0.15) is 32.3 Å². The molecule has 1 aromatic rings. The number of rotatable bonds is 7. The lowest BCUT2D eigenvalue weighted by molar-refractivity contribution is 0.0765. The fourth-order valence-corrected chi connectivity index (χ4v) is 1.79. The lowest BCUT2D eigenvalue weighted by Crippen LogP contribution is -2.08. The molecule has 0 atom stereocenters. The van der Waals surface area contributed by atoms with Gasteiger partial charge in [0.15, 0.2) is 0 Å². The molecule has 0 unspecified atom stereocenters. The topological polar surface area (TPSA) is 34.2 Å². The van der Waals surface area contributed by atoms with Crippen LogP contribution in [0.5, 0.6) is 0 Å². The Hall–Kier alpha value is -0.610. The molecule has 4 heteroatoms. The quantitative estimate of drug-likeness (QED) is 0.778. The first-order chi connectivity index (χ1) is 8.11. The highest BCUT2D eigenvalue weighted by Gasteiger charge is 2.02. The number of aryl methyl sites for hydroxylation is 1. The van der Waals surface area contributed by atoms with E-state index in [9.17, 15) is 0 Å². The normalized spacial score (nSPS) is 10.9. The number of ether oxygens (including phenoxy) is 1. The number of hydrogen-bond acceptors (Lipinski definition) is 3. The van der Waals surface area contributed by atoms with Gasteiger partial charge in [-0.15, -0.1) is 0 Å². The molecule has 0 aromatic carbocycles. The molecule has 1 aromatic heterocycles. The van der Waals surface area contributed by atoms with E-state index in [0.717, 1.165) is 36.3 Å². The highest BCUT2D eigenvalue weighted by Crippen LogP contribution is 2.22.